The zero-order valence-corrected chi connectivity index (χ0v) is 23.9. The lowest BCUT2D eigenvalue weighted by Gasteiger charge is -2.32. The minimum Gasteiger partial charge on any atom is -0.494 e. The number of amides is 2. The molecular weight excluding hydrogens is 558 g/mol. The average Bonchev–Trinajstić information content (AvgIpc) is 3.83. The Bertz CT molecular complexity index is 1690. The molecule has 14 heteroatoms. The third-order valence-electron chi connectivity index (χ3n) is 7.20. The molecule has 4 heterocycles. The van der Waals surface area contributed by atoms with Gasteiger partial charge < -0.3 is 14.8 Å². The van der Waals surface area contributed by atoms with Gasteiger partial charge in [0.1, 0.15) is 29.8 Å². The summed E-state index contributed by atoms with van der Waals surface area (Å²) < 4.78 is 14.4. The highest BCUT2D eigenvalue weighted by atomic mass is 32.1. The number of carbonyl (C=O) groups excluding carboxylic acids is 2. The van der Waals surface area contributed by atoms with Gasteiger partial charge in [0.15, 0.2) is 6.04 Å². The summed E-state index contributed by atoms with van der Waals surface area (Å²) in [7, 11) is 1.52. The van der Waals surface area contributed by atoms with Crippen molar-refractivity contribution in [2.24, 2.45) is 0 Å². The van der Waals surface area contributed by atoms with Crippen LogP contribution in [-0.2, 0) is 20.9 Å². The van der Waals surface area contributed by atoms with Gasteiger partial charge in [0.2, 0.25) is 11.8 Å². The molecule has 1 N–H and O–H groups in total. The number of hydrogen-bond acceptors (Lipinski definition) is 10. The Morgan fingerprint density at radius 1 is 1.21 bits per heavy atom. The van der Waals surface area contributed by atoms with E-state index < -0.39 is 6.04 Å². The molecule has 1 aliphatic heterocycles. The number of methoxy groups -OCH3 is 1. The van der Waals surface area contributed by atoms with E-state index in [1.807, 2.05) is 42.6 Å². The average molecular weight is 588 g/mol. The zero-order valence-electron chi connectivity index (χ0n) is 23.1. The van der Waals surface area contributed by atoms with E-state index in [9.17, 15) is 9.59 Å². The molecule has 0 bridgehead atoms. The molecule has 2 amide bonds. The molecule has 216 valence electrons. The number of fused-ring (bicyclic) bond motifs is 1. The third-order valence-corrected chi connectivity index (χ3v) is 8.27. The van der Waals surface area contributed by atoms with E-state index >= 15 is 0 Å². The zero-order chi connectivity index (χ0) is 29.1. The molecule has 2 aromatic carbocycles. The predicted molar refractivity (Wildman–Crippen MR) is 155 cm³/mol. The van der Waals surface area contributed by atoms with Crippen LogP contribution in [-0.4, -0.2) is 73.4 Å². The van der Waals surface area contributed by atoms with Crippen LogP contribution >= 0.6 is 11.3 Å². The van der Waals surface area contributed by atoms with Crippen molar-refractivity contribution in [2.75, 3.05) is 25.2 Å². The molecule has 0 unspecified atom stereocenters. The van der Waals surface area contributed by atoms with Crippen molar-refractivity contribution >= 4 is 39.9 Å². The van der Waals surface area contributed by atoms with E-state index in [2.05, 4.69) is 31.2 Å². The van der Waals surface area contributed by atoms with Crippen LogP contribution in [0.2, 0.25) is 0 Å². The van der Waals surface area contributed by atoms with Crippen LogP contribution in [0.4, 0.5) is 5.69 Å². The number of anilines is 1. The summed E-state index contributed by atoms with van der Waals surface area (Å²) in [5.41, 5.74) is 3.32. The molecule has 42 heavy (non-hydrogen) atoms. The van der Waals surface area contributed by atoms with E-state index in [0.29, 0.717) is 41.3 Å². The topological polar surface area (TPSA) is 142 Å². The number of nitrogens with one attached hydrogen (secondary N) is 1. The Balaban J connectivity index is 1.43. The second-order valence-electron chi connectivity index (χ2n) is 9.86. The normalized spacial score (nSPS) is 15.5. The van der Waals surface area contributed by atoms with Crippen LogP contribution in [0, 0.1) is 6.92 Å². The molecule has 13 nitrogen and oxygen atoms in total. The first kappa shape index (κ1) is 27.5. The number of thiophene rings is 1. The van der Waals surface area contributed by atoms with Gasteiger partial charge in [0, 0.05) is 29.8 Å². The van der Waals surface area contributed by atoms with Gasteiger partial charge in [0.25, 0.3) is 0 Å². The fourth-order valence-electron chi connectivity index (χ4n) is 5.09. The van der Waals surface area contributed by atoms with E-state index in [0.717, 1.165) is 23.3 Å². The number of para-hydroxylation sites is 1. The molecule has 1 fully saturated rings. The van der Waals surface area contributed by atoms with Crippen LogP contribution in [0.1, 0.15) is 29.3 Å². The summed E-state index contributed by atoms with van der Waals surface area (Å²) in [6, 6.07) is 13.6. The fourth-order valence-corrected chi connectivity index (χ4v) is 6.10. The quantitative estimate of drug-likeness (QED) is 0.261. The Morgan fingerprint density at radius 3 is 2.83 bits per heavy atom. The summed E-state index contributed by atoms with van der Waals surface area (Å²) in [6.45, 7) is 2.83. The number of hydrogen-bond donors (Lipinski definition) is 1. The first-order valence-corrected chi connectivity index (χ1v) is 14.4. The van der Waals surface area contributed by atoms with Crippen molar-refractivity contribution in [2.45, 2.75) is 38.5 Å². The van der Waals surface area contributed by atoms with Gasteiger partial charge in [-0.3, -0.25) is 14.5 Å². The molecule has 0 radical (unpaired) electrons. The highest BCUT2D eigenvalue weighted by Gasteiger charge is 2.36. The number of nitrogens with zero attached hydrogens (tertiary/aromatic N) is 8. The van der Waals surface area contributed by atoms with Crippen molar-refractivity contribution in [3.63, 3.8) is 0 Å². The van der Waals surface area contributed by atoms with Gasteiger partial charge in [0.05, 0.1) is 18.7 Å². The minimum atomic E-state index is -0.961. The molecule has 2 atom stereocenters. The van der Waals surface area contributed by atoms with Gasteiger partial charge in [-0.15, -0.1) is 21.5 Å². The lowest BCUT2D eigenvalue weighted by Crippen LogP contribution is -2.46. The van der Waals surface area contributed by atoms with Crippen molar-refractivity contribution in [1.82, 2.24) is 40.5 Å². The van der Waals surface area contributed by atoms with Crippen molar-refractivity contribution in [3.05, 3.63) is 70.7 Å². The summed E-state index contributed by atoms with van der Waals surface area (Å²) in [6.07, 6.45) is 3.23. The van der Waals surface area contributed by atoms with Crippen LogP contribution < -0.4 is 15.0 Å². The number of benzene rings is 2. The van der Waals surface area contributed by atoms with Crippen molar-refractivity contribution in [3.8, 4) is 11.4 Å². The Labute approximate surface area is 245 Å². The lowest BCUT2D eigenvalue weighted by molar-refractivity contribution is -0.127. The lowest BCUT2D eigenvalue weighted by atomic mass is 10.1. The Kier molecular flexibility index (Phi) is 7.88. The maximum absolute atomic E-state index is 14.3. The second kappa shape index (κ2) is 12.0. The number of tetrazole rings is 1. The SMILES string of the molecule is COc1cc(N(C(=O)Cn2nnc3ccccc32)[C@H](C(=O)NC[C@H]2CCCO2)c2sccc2C)ccc1-n1cnnn1. The molecule has 1 aliphatic rings. The minimum absolute atomic E-state index is 0.0552. The maximum atomic E-state index is 14.3. The monoisotopic (exact) mass is 587 g/mol. The van der Waals surface area contributed by atoms with Crippen LogP contribution in [0.25, 0.3) is 16.7 Å². The first-order chi connectivity index (χ1) is 20.5. The summed E-state index contributed by atoms with van der Waals surface area (Å²) in [5, 5.41) is 24.8. The first-order valence-electron chi connectivity index (χ1n) is 13.5. The van der Waals surface area contributed by atoms with Gasteiger partial charge in [-0.2, -0.15) is 4.68 Å². The van der Waals surface area contributed by atoms with Crippen molar-refractivity contribution < 1.29 is 19.1 Å². The largest absolute Gasteiger partial charge is 0.494 e. The number of carbonyl (C=O) groups is 2. The number of rotatable bonds is 10. The van der Waals surface area contributed by atoms with Gasteiger partial charge in [-0.25, -0.2) is 4.68 Å². The van der Waals surface area contributed by atoms with Gasteiger partial charge >= 0.3 is 0 Å². The van der Waals surface area contributed by atoms with Crippen LogP contribution in [0.15, 0.2) is 60.2 Å². The Morgan fingerprint density at radius 2 is 2.10 bits per heavy atom. The highest BCUT2D eigenvalue weighted by Crippen LogP contribution is 2.36. The third kappa shape index (κ3) is 5.45. The summed E-state index contributed by atoms with van der Waals surface area (Å²) in [4.78, 5) is 30.6. The summed E-state index contributed by atoms with van der Waals surface area (Å²) >= 11 is 1.42. The molecule has 0 aliphatic carbocycles. The predicted octanol–water partition coefficient (Wildman–Crippen LogP) is 2.86. The smallest absolute Gasteiger partial charge is 0.249 e. The summed E-state index contributed by atoms with van der Waals surface area (Å²) in [5.74, 6) is -0.241. The van der Waals surface area contributed by atoms with Gasteiger partial charge in [-0.05, 0) is 71.5 Å². The van der Waals surface area contributed by atoms with E-state index in [4.69, 9.17) is 9.47 Å². The maximum Gasteiger partial charge on any atom is 0.249 e. The van der Waals surface area contributed by atoms with E-state index in [1.165, 1.54) is 34.4 Å². The van der Waals surface area contributed by atoms with E-state index in [1.54, 1.807) is 22.9 Å². The molecule has 5 aromatic rings. The van der Waals surface area contributed by atoms with Crippen LogP contribution in [0.5, 0.6) is 5.75 Å². The standard InChI is InChI=1S/C28H29N9O4S/c1-18-11-13-42-27(18)26(28(39)29-15-20-6-5-12-41-20)37(25(38)16-35-22-8-4-3-7-21(22)31-33-35)19-9-10-23(24(14-19)40-2)36-17-30-32-34-36/h3-4,7-11,13-14,17,20,26H,5-6,12,15-16H2,1-2H3,(H,29,39)/t20-,26+/m1/s1. The second-order valence-corrected chi connectivity index (χ2v) is 10.8. The van der Waals surface area contributed by atoms with Gasteiger partial charge in [-0.1, -0.05) is 17.3 Å². The number of ether oxygens (including phenoxy) is 2. The number of aryl methyl sites for hydroxylation is 1. The van der Waals surface area contributed by atoms with Crippen LogP contribution in [0.3, 0.4) is 0 Å². The molecule has 3 aromatic heterocycles. The molecule has 1 saturated heterocycles. The highest BCUT2D eigenvalue weighted by molar-refractivity contribution is 7.10. The van der Waals surface area contributed by atoms with Crippen molar-refractivity contribution in [1.29, 1.82) is 0 Å². The Hall–Kier alpha value is -4.69. The molecule has 0 spiro atoms. The molecule has 0 saturated carbocycles. The van der Waals surface area contributed by atoms with E-state index in [-0.39, 0.29) is 24.5 Å². The molecular formula is C28H29N9O4S. The molecule has 6 rings (SSSR count). The fraction of sp³-hybridized carbons (Fsp3) is 0.321. The number of aromatic nitrogens is 7.